The number of nitrogens with one attached hydrogen (secondary N) is 1. The van der Waals surface area contributed by atoms with Crippen LogP contribution in [0, 0.1) is 0 Å². The van der Waals surface area contributed by atoms with Crippen LogP contribution < -0.4 is 11.1 Å². The van der Waals surface area contributed by atoms with E-state index < -0.39 is 5.54 Å². The minimum atomic E-state index is -0.842. The van der Waals surface area contributed by atoms with Crippen molar-refractivity contribution in [3.8, 4) is 0 Å². The van der Waals surface area contributed by atoms with Gasteiger partial charge in [0.1, 0.15) is 5.54 Å². The quantitative estimate of drug-likeness (QED) is 0.335. The Morgan fingerprint density at radius 1 is 1.37 bits per heavy atom. The van der Waals surface area contributed by atoms with Crippen molar-refractivity contribution >= 4 is 23.3 Å². The number of benzene rings is 1. The first-order valence-electron chi connectivity index (χ1n) is 6.05. The van der Waals surface area contributed by atoms with Crippen LogP contribution in [-0.2, 0) is 0 Å². The molecule has 1 amide bonds. The monoisotopic (exact) mass is 283 g/mol. The molecule has 0 fully saturated rings. The fraction of sp³-hybridized carbons (Fsp3) is 0.385. The van der Waals surface area contributed by atoms with Gasteiger partial charge in [0.2, 0.25) is 0 Å². The van der Waals surface area contributed by atoms with Crippen LogP contribution in [0.4, 0.5) is 0 Å². The number of halogens is 1. The first kappa shape index (κ1) is 15.3. The van der Waals surface area contributed by atoms with Gasteiger partial charge in [-0.05, 0) is 37.1 Å². The van der Waals surface area contributed by atoms with Gasteiger partial charge in [-0.2, -0.15) is 0 Å². The van der Waals surface area contributed by atoms with Crippen molar-refractivity contribution < 1.29 is 10.0 Å². The standard InChI is InChI=1S/C13H18ClN3O2/c1-3-13(4-2,12(15)17-19)16-11(18)9-5-7-10(14)8-6-9/h5-8,19H,3-4H2,1-2H3,(H2,15,17)(H,16,18). The third-order valence-electron chi connectivity index (χ3n) is 3.26. The highest BCUT2D eigenvalue weighted by atomic mass is 35.5. The molecule has 0 unspecified atom stereocenters. The van der Waals surface area contributed by atoms with Gasteiger partial charge in [0, 0.05) is 10.6 Å². The van der Waals surface area contributed by atoms with Crippen molar-refractivity contribution in [2.24, 2.45) is 10.9 Å². The van der Waals surface area contributed by atoms with E-state index in [1.165, 1.54) is 0 Å². The number of rotatable bonds is 5. The molecule has 0 heterocycles. The summed E-state index contributed by atoms with van der Waals surface area (Å²) in [6, 6.07) is 6.53. The van der Waals surface area contributed by atoms with E-state index in [0.717, 1.165) is 0 Å². The minimum absolute atomic E-state index is 0.000173. The van der Waals surface area contributed by atoms with Crippen LogP contribution in [0.3, 0.4) is 0 Å². The number of nitrogens with zero attached hydrogens (tertiary/aromatic N) is 1. The Hall–Kier alpha value is -1.75. The maximum Gasteiger partial charge on any atom is 0.252 e. The molecule has 1 rings (SSSR count). The highest BCUT2D eigenvalue weighted by Crippen LogP contribution is 2.17. The fourth-order valence-electron chi connectivity index (χ4n) is 1.84. The van der Waals surface area contributed by atoms with E-state index in [0.29, 0.717) is 23.4 Å². The van der Waals surface area contributed by atoms with E-state index in [4.69, 9.17) is 22.5 Å². The Morgan fingerprint density at radius 2 is 1.89 bits per heavy atom. The van der Waals surface area contributed by atoms with E-state index in [2.05, 4.69) is 10.5 Å². The highest BCUT2D eigenvalue weighted by molar-refractivity contribution is 6.30. The second kappa shape index (κ2) is 6.43. The van der Waals surface area contributed by atoms with Crippen molar-refractivity contribution in [1.82, 2.24) is 5.32 Å². The van der Waals surface area contributed by atoms with Crippen LogP contribution in [0.2, 0.25) is 5.02 Å². The normalized spacial score (nSPS) is 12.3. The van der Waals surface area contributed by atoms with Crippen LogP contribution in [-0.4, -0.2) is 22.5 Å². The molecule has 104 valence electrons. The van der Waals surface area contributed by atoms with Gasteiger partial charge in [-0.1, -0.05) is 30.6 Å². The summed E-state index contributed by atoms with van der Waals surface area (Å²) in [5, 5.41) is 15.2. The first-order valence-corrected chi connectivity index (χ1v) is 6.43. The molecule has 0 aliphatic rings. The van der Waals surface area contributed by atoms with E-state index in [9.17, 15) is 4.79 Å². The number of oxime groups is 1. The Morgan fingerprint density at radius 3 is 2.32 bits per heavy atom. The maximum atomic E-state index is 12.2. The van der Waals surface area contributed by atoms with Crippen LogP contribution >= 0.6 is 11.6 Å². The molecule has 0 aliphatic carbocycles. The number of hydrogen-bond donors (Lipinski definition) is 3. The smallest absolute Gasteiger partial charge is 0.252 e. The molecule has 0 saturated carbocycles. The van der Waals surface area contributed by atoms with Gasteiger partial charge >= 0.3 is 0 Å². The van der Waals surface area contributed by atoms with Gasteiger partial charge in [-0.25, -0.2) is 0 Å². The number of nitrogens with two attached hydrogens (primary N) is 1. The Balaban J connectivity index is 2.97. The average molecular weight is 284 g/mol. The molecule has 0 bridgehead atoms. The van der Waals surface area contributed by atoms with Crippen molar-refractivity contribution in [3.05, 3.63) is 34.9 Å². The summed E-state index contributed by atoms with van der Waals surface area (Å²) >= 11 is 5.77. The lowest BCUT2D eigenvalue weighted by Gasteiger charge is -2.31. The number of carbonyl (C=O) groups excluding carboxylic acids is 1. The number of hydrogen-bond acceptors (Lipinski definition) is 3. The predicted octanol–water partition coefficient (Wildman–Crippen LogP) is 2.37. The van der Waals surface area contributed by atoms with Gasteiger partial charge in [-0.3, -0.25) is 4.79 Å². The molecule has 0 spiro atoms. The van der Waals surface area contributed by atoms with E-state index in [1.54, 1.807) is 24.3 Å². The van der Waals surface area contributed by atoms with E-state index in [1.807, 2.05) is 13.8 Å². The fourth-order valence-corrected chi connectivity index (χ4v) is 1.97. The van der Waals surface area contributed by atoms with Gasteiger partial charge in [0.25, 0.3) is 5.91 Å². The maximum absolute atomic E-state index is 12.2. The molecule has 1 aromatic rings. The molecule has 1 aromatic carbocycles. The summed E-state index contributed by atoms with van der Waals surface area (Å²) in [5.74, 6) is -0.285. The van der Waals surface area contributed by atoms with Gasteiger partial charge in [-0.15, -0.1) is 0 Å². The Kier molecular flexibility index (Phi) is 5.18. The summed E-state index contributed by atoms with van der Waals surface area (Å²) in [6.07, 6.45) is 1.05. The number of carbonyl (C=O) groups is 1. The second-order valence-electron chi connectivity index (χ2n) is 4.24. The van der Waals surface area contributed by atoms with Crippen molar-refractivity contribution in [2.75, 3.05) is 0 Å². The molecule has 6 heteroatoms. The van der Waals surface area contributed by atoms with Crippen molar-refractivity contribution in [2.45, 2.75) is 32.2 Å². The molecule has 4 N–H and O–H groups in total. The molecule has 0 atom stereocenters. The van der Waals surface area contributed by atoms with Crippen LogP contribution in [0.1, 0.15) is 37.0 Å². The van der Waals surface area contributed by atoms with E-state index in [-0.39, 0.29) is 11.7 Å². The third kappa shape index (κ3) is 3.38. The molecule has 5 nitrogen and oxygen atoms in total. The minimum Gasteiger partial charge on any atom is -0.409 e. The SMILES string of the molecule is CCC(CC)(NC(=O)c1ccc(Cl)cc1)/C(N)=N/O. The number of amides is 1. The largest absolute Gasteiger partial charge is 0.409 e. The summed E-state index contributed by atoms with van der Waals surface area (Å²) in [7, 11) is 0. The van der Waals surface area contributed by atoms with Crippen LogP contribution in [0.25, 0.3) is 0 Å². The van der Waals surface area contributed by atoms with Crippen LogP contribution in [0.15, 0.2) is 29.4 Å². The van der Waals surface area contributed by atoms with Gasteiger partial charge in [0.15, 0.2) is 5.84 Å². The van der Waals surface area contributed by atoms with Gasteiger partial charge < -0.3 is 16.3 Å². The molecule has 0 saturated heterocycles. The summed E-state index contributed by atoms with van der Waals surface area (Å²) in [4.78, 5) is 12.2. The Labute approximate surface area is 117 Å². The van der Waals surface area contributed by atoms with Crippen molar-refractivity contribution in [1.29, 1.82) is 0 Å². The lowest BCUT2D eigenvalue weighted by Crippen LogP contribution is -2.56. The lowest BCUT2D eigenvalue weighted by atomic mass is 9.91. The zero-order valence-electron chi connectivity index (χ0n) is 11.0. The molecule has 0 radical (unpaired) electrons. The van der Waals surface area contributed by atoms with Crippen molar-refractivity contribution in [3.63, 3.8) is 0 Å². The third-order valence-corrected chi connectivity index (χ3v) is 3.52. The molecule has 19 heavy (non-hydrogen) atoms. The molecule has 0 aromatic heterocycles. The molecular weight excluding hydrogens is 266 g/mol. The number of amidine groups is 1. The van der Waals surface area contributed by atoms with E-state index >= 15 is 0 Å². The zero-order chi connectivity index (χ0) is 14.5. The average Bonchev–Trinajstić information content (AvgIpc) is 2.44. The molecule has 0 aliphatic heterocycles. The second-order valence-corrected chi connectivity index (χ2v) is 4.67. The van der Waals surface area contributed by atoms with Gasteiger partial charge in [0.05, 0.1) is 0 Å². The first-order chi connectivity index (χ1) is 8.99. The zero-order valence-corrected chi connectivity index (χ0v) is 11.7. The summed E-state index contributed by atoms with van der Waals surface area (Å²) < 4.78 is 0. The summed E-state index contributed by atoms with van der Waals surface area (Å²) in [5.41, 5.74) is 5.32. The summed E-state index contributed by atoms with van der Waals surface area (Å²) in [6.45, 7) is 3.73. The molecular formula is C13H18ClN3O2. The topological polar surface area (TPSA) is 87.7 Å². The lowest BCUT2D eigenvalue weighted by molar-refractivity contribution is 0.0918. The van der Waals surface area contributed by atoms with Crippen LogP contribution in [0.5, 0.6) is 0 Å². The predicted molar refractivity (Wildman–Crippen MR) is 75.6 cm³/mol. The Bertz CT molecular complexity index is 467. The highest BCUT2D eigenvalue weighted by Gasteiger charge is 2.33.